The molecule has 0 amide bonds. The molecule has 0 unspecified atom stereocenters. The summed E-state index contributed by atoms with van der Waals surface area (Å²) in [6.07, 6.45) is 0.906. The third-order valence-electron chi connectivity index (χ3n) is 6.24. The van der Waals surface area contributed by atoms with Crippen LogP contribution in [0, 0.1) is 0 Å². The van der Waals surface area contributed by atoms with Crippen molar-refractivity contribution in [3.8, 4) is 22.6 Å². The van der Waals surface area contributed by atoms with Crippen LogP contribution in [0.2, 0.25) is 0 Å². The average Bonchev–Trinajstić information content (AvgIpc) is 3.25. The number of aromatic amines is 1. The van der Waals surface area contributed by atoms with Crippen LogP contribution in [0.15, 0.2) is 52.6 Å². The number of nitrogens with zero attached hydrogens (tertiary/aromatic N) is 2. The van der Waals surface area contributed by atoms with Crippen molar-refractivity contribution in [3.63, 3.8) is 0 Å². The van der Waals surface area contributed by atoms with E-state index in [1.807, 2.05) is 35.7 Å². The molecule has 0 radical (unpaired) electrons. The van der Waals surface area contributed by atoms with E-state index in [9.17, 15) is 4.79 Å². The number of nitrogens with one attached hydrogen (secondary N) is 1. The van der Waals surface area contributed by atoms with E-state index in [4.69, 9.17) is 14.5 Å². The second-order valence-corrected chi connectivity index (χ2v) is 8.87. The van der Waals surface area contributed by atoms with E-state index >= 15 is 0 Å². The van der Waals surface area contributed by atoms with Crippen LogP contribution < -0.4 is 15.0 Å². The molecule has 1 aliphatic heterocycles. The summed E-state index contributed by atoms with van der Waals surface area (Å²) in [6, 6.07) is 14.3. The molecule has 1 atom stereocenters. The minimum atomic E-state index is -0.0819. The predicted molar refractivity (Wildman–Crippen MR) is 128 cm³/mol. The van der Waals surface area contributed by atoms with Gasteiger partial charge < -0.3 is 14.5 Å². The minimum absolute atomic E-state index is 0.0819. The third kappa shape index (κ3) is 3.57. The minimum Gasteiger partial charge on any atom is -0.493 e. The molecular weight excluding hydrogens is 422 g/mol. The molecule has 0 aliphatic carbocycles. The van der Waals surface area contributed by atoms with Crippen LogP contribution in [0.25, 0.3) is 21.3 Å². The first-order valence-corrected chi connectivity index (χ1v) is 11.5. The maximum absolute atomic E-state index is 13.0. The molecule has 1 aliphatic rings. The Bertz CT molecular complexity index is 1330. The van der Waals surface area contributed by atoms with Crippen LogP contribution in [0.4, 0.5) is 0 Å². The summed E-state index contributed by atoms with van der Waals surface area (Å²) >= 11 is 1.52. The van der Waals surface area contributed by atoms with Gasteiger partial charge in [-0.05, 0) is 42.2 Å². The maximum atomic E-state index is 13.0. The first kappa shape index (κ1) is 20.7. The lowest BCUT2D eigenvalue weighted by Crippen LogP contribution is -2.34. The van der Waals surface area contributed by atoms with Crippen LogP contribution in [-0.4, -0.2) is 35.6 Å². The number of H-pyrrole nitrogens is 1. The third-order valence-corrected chi connectivity index (χ3v) is 7.11. The lowest BCUT2D eigenvalue weighted by atomic mass is 9.93. The van der Waals surface area contributed by atoms with Crippen molar-refractivity contribution in [1.82, 2.24) is 14.9 Å². The van der Waals surface area contributed by atoms with Gasteiger partial charge in [-0.2, -0.15) is 0 Å². The van der Waals surface area contributed by atoms with E-state index in [0.717, 1.165) is 40.4 Å². The van der Waals surface area contributed by atoms with Crippen LogP contribution in [0.5, 0.6) is 11.5 Å². The van der Waals surface area contributed by atoms with Gasteiger partial charge in [0.25, 0.3) is 5.56 Å². The van der Waals surface area contributed by atoms with Crippen molar-refractivity contribution in [2.24, 2.45) is 0 Å². The summed E-state index contributed by atoms with van der Waals surface area (Å²) in [7, 11) is 3.32. The first-order chi connectivity index (χ1) is 15.6. The van der Waals surface area contributed by atoms with Crippen LogP contribution >= 0.6 is 11.3 Å². The van der Waals surface area contributed by atoms with Crippen molar-refractivity contribution < 1.29 is 9.47 Å². The number of hydrogen-bond donors (Lipinski definition) is 1. The van der Waals surface area contributed by atoms with E-state index in [1.165, 1.54) is 22.5 Å². The van der Waals surface area contributed by atoms with Gasteiger partial charge >= 0.3 is 0 Å². The highest BCUT2D eigenvalue weighted by Crippen LogP contribution is 2.38. The van der Waals surface area contributed by atoms with E-state index in [1.54, 1.807) is 14.2 Å². The Kier molecular flexibility index (Phi) is 5.45. The van der Waals surface area contributed by atoms with Crippen molar-refractivity contribution >= 4 is 21.6 Å². The number of hydrogen-bond acceptors (Lipinski definition) is 6. The van der Waals surface area contributed by atoms with Crippen LogP contribution in [0.1, 0.15) is 29.9 Å². The van der Waals surface area contributed by atoms with Gasteiger partial charge in [0.15, 0.2) is 11.5 Å². The Balaban J connectivity index is 1.45. The molecule has 4 aromatic rings. The van der Waals surface area contributed by atoms with Crippen molar-refractivity contribution in [2.45, 2.75) is 25.9 Å². The lowest BCUT2D eigenvalue weighted by Gasteiger charge is -2.35. The monoisotopic (exact) mass is 447 g/mol. The smallest absolute Gasteiger partial charge is 0.260 e. The highest BCUT2D eigenvalue weighted by atomic mass is 32.1. The molecule has 5 rings (SSSR count). The second kappa shape index (κ2) is 8.41. The topological polar surface area (TPSA) is 67.5 Å². The van der Waals surface area contributed by atoms with Gasteiger partial charge in [-0.1, -0.05) is 30.3 Å². The highest BCUT2D eigenvalue weighted by molar-refractivity contribution is 7.17. The van der Waals surface area contributed by atoms with E-state index in [2.05, 4.69) is 28.9 Å². The summed E-state index contributed by atoms with van der Waals surface area (Å²) in [5, 5.41) is 2.68. The van der Waals surface area contributed by atoms with Gasteiger partial charge in [-0.25, -0.2) is 4.98 Å². The molecule has 2 aromatic carbocycles. The zero-order chi connectivity index (χ0) is 22.2. The standard InChI is InChI=1S/C25H25N3O3S/c1-15-18-12-21(31-3)20(30-2)11-17(18)9-10-28(15)13-22-26-24(29)23-19(14-32-25(23)27-22)16-7-5-4-6-8-16/h4-8,11-12,14-15H,9-10,13H2,1-3H3,(H,26,27,29)/t15-/m1/s1. The molecule has 0 spiro atoms. The average molecular weight is 448 g/mol. The summed E-state index contributed by atoms with van der Waals surface area (Å²) in [5.41, 5.74) is 4.38. The summed E-state index contributed by atoms with van der Waals surface area (Å²) < 4.78 is 11.0. The zero-order valence-electron chi connectivity index (χ0n) is 18.3. The molecule has 3 heterocycles. The zero-order valence-corrected chi connectivity index (χ0v) is 19.2. The van der Waals surface area contributed by atoms with E-state index < -0.39 is 0 Å². The highest BCUT2D eigenvalue weighted by Gasteiger charge is 2.27. The van der Waals surface area contributed by atoms with Gasteiger partial charge in [0.1, 0.15) is 10.7 Å². The Morgan fingerprint density at radius 2 is 1.91 bits per heavy atom. The van der Waals surface area contributed by atoms with Gasteiger partial charge in [-0.3, -0.25) is 9.69 Å². The molecule has 0 saturated carbocycles. The molecule has 0 bridgehead atoms. The number of rotatable bonds is 5. The number of aromatic nitrogens is 2. The van der Waals surface area contributed by atoms with Crippen molar-refractivity contribution in [3.05, 3.63) is 75.1 Å². The molecular formula is C25H25N3O3S. The van der Waals surface area contributed by atoms with Crippen LogP contribution in [-0.2, 0) is 13.0 Å². The number of benzene rings is 2. The first-order valence-electron chi connectivity index (χ1n) is 10.6. The molecule has 7 heteroatoms. The summed E-state index contributed by atoms with van der Waals surface area (Å²) in [6.45, 7) is 3.64. The maximum Gasteiger partial charge on any atom is 0.260 e. The molecule has 1 N–H and O–H groups in total. The fourth-order valence-corrected chi connectivity index (χ4v) is 5.47. The Morgan fingerprint density at radius 1 is 1.16 bits per heavy atom. The van der Waals surface area contributed by atoms with Gasteiger partial charge in [0, 0.05) is 23.5 Å². The van der Waals surface area contributed by atoms with Gasteiger partial charge in [0.05, 0.1) is 26.2 Å². The number of ether oxygens (including phenoxy) is 2. The number of fused-ring (bicyclic) bond motifs is 2. The van der Waals surface area contributed by atoms with Crippen molar-refractivity contribution in [2.75, 3.05) is 20.8 Å². The molecule has 32 heavy (non-hydrogen) atoms. The molecule has 0 fully saturated rings. The Morgan fingerprint density at radius 3 is 2.66 bits per heavy atom. The fourth-order valence-electron chi connectivity index (χ4n) is 4.50. The number of thiophene rings is 1. The Labute approximate surface area is 190 Å². The summed E-state index contributed by atoms with van der Waals surface area (Å²) in [5.74, 6) is 2.19. The molecule has 0 saturated heterocycles. The summed E-state index contributed by atoms with van der Waals surface area (Å²) in [4.78, 5) is 23.9. The van der Waals surface area contributed by atoms with Gasteiger partial charge in [-0.15, -0.1) is 11.3 Å². The van der Waals surface area contributed by atoms with Crippen molar-refractivity contribution in [1.29, 1.82) is 0 Å². The quantitative estimate of drug-likeness (QED) is 0.477. The normalized spacial score (nSPS) is 16.2. The second-order valence-electron chi connectivity index (χ2n) is 8.01. The van der Waals surface area contributed by atoms with Gasteiger partial charge in [0.2, 0.25) is 0 Å². The fraction of sp³-hybridized carbons (Fsp3) is 0.280. The SMILES string of the molecule is COc1cc2c(cc1OC)[C@@H](C)N(Cc1nc3scc(-c4ccccc4)c3c(=O)[nH]1)CC2. The molecule has 2 aromatic heterocycles. The molecule has 6 nitrogen and oxygen atoms in total. The van der Waals surface area contributed by atoms with E-state index in [-0.39, 0.29) is 11.6 Å². The predicted octanol–water partition coefficient (Wildman–Crippen LogP) is 4.79. The largest absolute Gasteiger partial charge is 0.493 e. The lowest BCUT2D eigenvalue weighted by molar-refractivity contribution is 0.184. The number of methoxy groups -OCH3 is 2. The van der Waals surface area contributed by atoms with Crippen LogP contribution in [0.3, 0.4) is 0 Å². The Hall–Kier alpha value is -3.16. The van der Waals surface area contributed by atoms with E-state index in [0.29, 0.717) is 17.8 Å². The molecule has 164 valence electrons.